The summed E-state index contributed by atoms with van der Waals surface area (Å²) >= 11 is 0. The average molecular weight is 258 g/mol. The molecule has 1 aromatic carbocycles. The summed E-state index contributed by atoms with van der Waals surface area (Å²) in [7, 11) is 0. The molecule has 19 heavy (non-hydrogen) atoms. The van der Waals surface area contributed by atoms with Crippen molar-refractivity contribution in [2.45, 2.75) is 44.6 Å². The van der Waals surface area contributed by atoms with Gasteiger partial charge in [0.15, 0.2) is 0 Å². The van der Waals surface area contributed by atoms with E-state index in [0.717, 1.165) is 29.1 Å². The summed E-state index contributed by atoms with van der Waals surface area (Å²) in [4.78, 5) is 0. The molecule has 2 aromatic rings. The molecule has 3 heteroatoms. The molecule has 1 aromatic heterocycles. The molecule has 1 aliphatic rings. The van der Waals surface area contributed by atoms with Gasteiger partial charge in [-0.1, -0.05) is 43.9 Å². The van der Waals surface area contributed by atoms with E-state index in [-0.39, 0.29) is 6.04 Å². The van der Waals surface area contributed by atoms with Crippen molar-refractivity contribution in [2.24, 2.45) is 11.8 Å². The van der Waals surface area contributed by atoms with Crippen LogP contribution in [-0.2, 0) is 0 Å². The molecule has 0 aliphatic heterocycles. The van der Waals surface area contributed by atoms with Crippen molar-refractivity contribution in [3.05, 3.63) is 36.1 Å². The van der Waals surface area contributed by atoms with Gasteiger partial charge in [0.05, 0.1) is 6.04 Å². The second kappa shape index (κ2) is 5.76. The summed E-state index contributed by atoms with van der Waals surface area (Å²) in [5.74, 6) is 7.55. The lowest BCUT2D eigenvalue weighted by Gasteiger charge is -2.15. The molecule has 3 N–H and O–H groups in total. The van der Waals surface area contributed by atoms with Crippen LogP contribution in [-0.4, -0.2) is 0 Å². The van der Waals surface area contributed by atoms with E-state index in [1.54, 1.807) is 0 Å². The smallest absolute Gasteiger partial charge is 0.134 e. The summed E-state index contributed by atoms with van der Waals surface area (Å²) in [6, 6.07) is 10.3. The Bertz CT molecular complexity index is 495. The average Bonchev–Trinajstić information content (AvgIpc) is 3.08. The lowest BCUT2D eigenvalue weighted by molar-refractivity contribution is 0.372. The van der Waals surface area contributed by atoms with Gasteiger partial charge >= 0.3 is 0 Å². The third-order valence-corrected chi connectivity index (χ3v) is 4.33. The molecule has 1 heterocycles. The molecule has 0 spiro atoms. The van der Waals surface area contributed by atoms with E-state index in [1.807, 2.05) is 18.2 Å². The van der Waals surface area contributed by atoms with Crippen molar-refractivity contribution in [3.63, 3.8) is 0 Å². The Balaban J connectivity index is 1.69. The zero-order chi connectivity index (χ0) is 13.1. The number of fused-ring (bicyclic) bond motifs is 1. The quantitative estimate of drug-likeness (QED) is 0.631. The maximum atomic E-state index is 5.89. The molecule has 0 saturated heterocycles. The molecule has 1 saturated carbocycles. The summed E-state index contributed by atoms with van der Waals surface area (Å²) in [6.45, 7) is 0. The largest absolute Gasteiger partial charge is 0.459 e. The Labute approximate surface area is 114 Å². The highest BCUT2D eigenvalue weighted by Gasteiger charge is 2.19. The molecule has 3 rings (SSSR count). The van der Waals surface area contributed by atoms with E-state index >= 15 is 0 Å². The first-order valence-electron chi connectivity index (χ1n) is 7.31. The molecule has 0 radical (unpaired) electrons. The molecule has 102 valence electrons. The molecule has 3 nitrogen and oxygen atoms in total. The van der Waals surface area contributed by atoms with Gasteiger partial charge in [0, 0.05) is 5.39 Å². The van der Waals surface area contributed by atoms with E-state index in [4.69, 9.17) is 10.3 Å². The van der Waals surface area contributed by atoms with Crippen LogP contribution in [0.4, 0.5) is 0 Å². The van der Waals surface area contributed by atoms with Gasteiger partial charge in [0.25, 0.3) is 0 Å². The maximum Gasteiger partial charge on any atom is 0.134 e. The van der Waals surface area contributed by atoms with Crippen LogP contribution in [0, 0.1) is 5.92 Å². The molecular weight excluding hydrogens is 236 g/mol. The van der Waals surface area contributed by atoms with E-state index in [2.05, 4.69) is 17.6 Å². The van der Waals surface area contributed by atoms with Crippen LogP contribution in [0.3, 0.4) is 0 Å². The van der Waals surface area contributed by atoms with Crippen LogP contribution in [0.25, 0.3) is 11.0 Å². The molecule has 0 bridgehead atoms. The number of hydrogen-bond donors (Lipinski definition) is 2. The van der Waals surface area contributed by atoms with Crippen molar-refractivity contribution in [3.8, 4) is 0 Å². The van der Waals surface area contributed by atoms with Gasteiger partial charge in [-0.05, 0) is 30.9 Å². The van der Waals surface area contributed by atoms with E-state index < -0.39 is 0 Å². The van der Waals surface area contributed by atoms with E-state index in [1.165, 1.54) is 32.1 Å². The highest BCUT2D eigenvalue weighted by Crippen LogP contribution is 2.32. The molecule has 0 amide bonds. The van der Waals surface area contributed by atoms with Gasteiger partial charge in [-0.25, -0.2) is 5.43 Å². The van der Waals surface area contributed by atoms with Gasteiger partial charge in [0.2, 0.25) is 0 Å². The van der Waals surface area contributed by atoms with Crippen molar-refractivity contribution < 1.29 is 4.42 Å². The monoisotopic (exact) mass is 258 g/mol. The fraction of sp³-hybridized carbons (Fsp3) is 0.500. The van der Waals surface area contributed by atoms with Gasteiger partial charge in [-0.2, -0.15) is 0 Å². The van der Waals surface area contributed by atoms with Gasteiger partial charge in [-0.15, -0.1) is 0 Å². The Kier molecular flexibility index (Phi) is 3.85. The number of hydrogen-bond acceptors (Lipinski definition) is 3. The van der Waals surface area contributed by atoms with Crippen molar-refractivity contribution in [1.29, 1.82) is 0 Å². The molecule has 1 aliphatic carbocycles. The third kappa shape index (κ3) is 2.82. The van der Waals surface area contributed by atoms with Crippen molar-refractivity contribution in [2.75, 3.05) is 0 Å². The van der Waals surface area contributed by atoms with Crippen LogP contribution in [0.15, 0.2) is 34.7 Å². The number of nitrogens with one attached hydrogen (secondary N) is 1. The number of para-hydroxylation sites is 1. The van der Waals surface area contributed by atoms with Crippen LogP contribution >= 0.6 is 0 Å². The zero-order valence-electron chi connectivity index (χ0n) is 11.3. The number of benzene rings is 1. The Morgan fingerprint density at radius 2 is 2.05 bits per heavy atom. The Morgan fingerprint density at radius 1 is 1.26 bits per heavy atom. The minimum atomic E-state index is 0.132. The van der Waals surface area contributed by atoms with E-state index in [9.17, 15) is 0 Å². The first kappa shape index (κ1) is 12.7. The first-order chi connectivity index (χ1) is 9.36. The van der Waals surface area contributed by atoms with Crippen molar-refractivity contribution >= 4 is 11.0 Å². The second-order valence-electron chi connectivity index (χ2n) is 5.63. The lowest BCUT2D eigenvalue weighted by Crippen LogP contribution is -2.28. The van der Waals surface area contributed by atoms with E-state index in [0.29, 0.717) is 0 Å². The predicted molar refractivity (Wildman–Crippen MR) is 77.5 cm³/mol. The summed E-state index contributed by atoms with van der Waals surface area (Å²) in [5.41, 5.74) is 3.85. The maximum absolute atomic E-state index is 5.89. The highest BCUT2D eigenvalue weighted by atomic mass is 16.3. The van der Waals surface area contributed by atoms with Crippen LogP contribution in [0.1, 0.15) is 50.3 Å². The summed E-state index contributed by atoms with van der Waals surface area (Å²) in [5, 5.41) is 1.15. The normalized spacial score (nSPS) is 18.2. The fourth-order valence-corrected chi connectivity index (χ4v) is 3.18. The number of rotatable bonds is 5. The van der Waals surface area contributed by atoms with Crippen LogP contribution < -0.4 is 11.3 Å². The minimum absolute atomic E-state index is 0.132. The van der Waals surface area contributed by atoms with Gasteiger partial charge in [-0.3, -0.25) is 5.84 Å². The van der Waals surface area contributed by atoms with Gasteiger partial charge < -0.3 is 4.42 Å². The number of furan rings is 1. The fourth-order valence-electron chi connectivity index (χ4n) is 3.18. The number of hydrazine groups is 1. The summed E-state index contributed by atoms with van der Waals surface area (Å²) in [6.07, 6.45) is 7.87. The standard InChI is InChI=1S/C16H22N2O/c17-18-14(10-9-12-5-1-2-6-12)16-11-13-7-3-4-8-15(13)19-16/h3-4,7-8,11-12,14,18H,1-2,5-6,9-10,17H2. The lowest BCUT2D eigenvalue weighted by atomic mass is 9.98. The predicted octanol–water partition coefficient (Wildman–Crippen LogP) is 3.91. The SMILES string of the molecule is NNC(CCC1CCCC1)c1cc2ccccc2o1. The Hall–Kier alpha value is -1.32. The highest BCUT2D eigenvalue weighted by molar-refractivity contribution is 5.77. The van der Waals surface area contributed by atoms with Gasteiger partial charge in [0.1, 0.15) is 11.3 Å². The molecular formula is C16H22N2O. The van der Waals surface area contributed by atoms with Crippen LogP contribution in [0.5, 0.6) is 0 Å². The summed E-state index contributed by atoms with van der Waals surface area (Å²) < 4.78 is 5.89. The first-order valence-corrected chi connectivity index (χ1v) is 7.31. The molecule has 1 fully saturated rings. The second-order valence-corrected chi connectivity index (χ2v) is 5.63. The molecule has 1 atom stereocenters. The zero-order valence-corrected chi connectivity index (χ0v) is 11.3. The van der Waals surface area contributed by atoms with Crippen molar-refractivity contribution in [1.82, 2.24) is 5.43 Å². The third-order valence-electron chi connectivity index (χ3n) is 4.33. The minimum Gasteiger partial charge on any atom is -0.459 e. The molecule has 1 unspecified atom stereocenters. The van der Waals surface area contributed by atoms with Crippen LogP contribution in [0.2, 0.25) is 0 Å². The Morgan fingerprint density at radius 3 is 2.79 bits per heavy atom. The number of nitrogens with two attached hydrogens (primary N) is 1. The topological polar surface area (TPSA) is 51.2 Å².